The van der Waals surface area contributed by atoms with Crippen molar-refractivity contribution < 1.29 is 4.79 Å². The highest BCUT2D eigenvalue weighted by molar-refractivity contribution is 7.09. The van der Waals surface area contributed by atoms with Gasteiger partial charge in [-0.15, -0.1) is 0 Å². The third-order valence-corrected chi connectivity index (χ3v) is 5.27. The summed E-state index contributed by atoms with van der Waals surface area (Å²) in [4.78, 5) is 42.4. The van der Waals surface area contributed by atoms with Gasteiger partial charge in [-0.2, -0.15) is 4.37 Å². The molecule has 3 rings (SSSR count). The van der Waals surface area contributed by atoms with Crippen LogP contribution < -0.4 is 11.2 Å². The number of carbonyl (C=O) groups is 1. The number of carbonyl (C=O) groups excluding carboxylic acids is 1. The molecule has 24 heavy (non-hydrogen) atoms. The van der Waals surface area contributed by atoms with Crippen molar-refractivity contribution in [2.45, 2.75) is 52.0 Å². The zero-order chi connectivity index (χ0) is 17.1. The number of fused-ring (bicyclic) bond motifs is 1. The highest BCUT2D eigenvalue weighted by Gasteiger charge is 2.24. The lowest BCUT2D eigenvalue weighted by Crippen LogP contribution is -2.36. The van der Waals surface area contributed by atoms with Crippen molar-refractivity contribution in [2.24, 2.45) is 0 Å². The Balaban J connectivity index is 2.00. The SMILES string of the molecule is CCCCn1c(=O)[nH]c2c(C(=O)N3CCCCCC3)snc2c1=O. The molecule has 0 atom stereocenters. The Kier molecular flexibility index (Phi) is 5.13. The fourth-order valence-electron chi connectivity index (χ4n) is 3.03. The largest absolute Gasteiger partial charge is 0.338 e. The molecule has 0 aromatic carbocycles. The number of nitrogens with one attached hydrogen (secondary N) is 1. The maximum atomic E-state index is 12.8. The predicted molar refractivity (Wildman–Crippen MR) is 93.8 cm³/mol. The van der Waals surface area contributed by atoms with Gasteiger partial charge in [0.1, 0.15) is 4.88 Å². The number of likely N-dealkylation sites (tertiary alicyclic amines) is 1. The number of nitrogens with zero attached hydrogens (tertiary/aromatic N) is 3. The van der Waals surface area contributed by atoms with Crippen LogP contribution in [0, 0.1) is 0 Å². The second kappa shape index (κ2) is 7.29. The van der Waals surface area contributed by atoms with E-state index >= 15 is 0 Å². The molecule has 0 spiro atoms. The lowest BCUT2D eigenvalue weighted by Gasteiger charge is -2.19. The van der Waals surface area contributed by atoms with Crippen LogP contribution in [0.25, 0.3) is 11.0 Å². The summed E-state index contributed by atoms with van der Waals surface area (Å²) in [6, 6.07) is 0. The monoisotopic (exact) mass is 350 g/mol. The van der Waals surface area contributed by atoms with E-state index in [4.69, 9.17) is 0 Å². The molecule has 1 aliphatic heterocycles. The second-order valence-electron chi connectivity index (χ2n) is 6.18. The van der Waals surface area contributed by atoms with Gasteiger partial charge >= 0.3 is 5.69 Å². The first kappa shape index (κ1) is 16.9. The molecule has 0 saturated carbocycles. The molecule has 2 aromatic heterocycles. The van der Waals surface area contributed by atoms with Crippen LogP contribution in [0.15, 0.2) is 9.59 Å². The number of H-pyrrole nitrogens is 1. The molecule has 0 aliphatic carbocycles. The fourth-order valence-corrected chi connectivity index (χ4v) is 3.83. The first-order valence-corrected chi connectivity index (χ1v) is 9.32. The number of amides is 1. The van der Waals surface area contributed by atoms with Crippen molar-refractivity contribution in [2.75, 3.05) is 13.1 Å². The third kappa shape index (κ3) is 3.15. The minimum absolute atomic E-state index is 0.134. The van der Waals surface area contributed by atoms with Crippen molar-refractivity contribution in [1.29, 1.82) is 0 Å². The van der Waals surface area contributed by atoms with Gasteiger partial charge in [0.2, 0.25) is 0 Å². The minimum atomic E-state index is -0.467. The summed E-state index contributed by atoms with van der Waals surface area (Å²) in [7, 11) is 0. The van der Waals surface area contributed by atoms with Crippen molar-refractivity contribution in [3.05, 3.63) is 25.7 Å². The van der Waals surface area contributed by atoms with Gasteiger partial charge in [0.05, 0.1) is 5.52 Å². The Morgan fingerprint density at radius 1 is 1.21 bits per heavy atom. The number of hydrogen-bond donors (Lipinski definition) is 1. The molecule has 1 fully saturated rings. The smallest absolute Gasteiger partial charge is 0.328 e. The molecule has 0 unspecified atom stereocenters. The van der Waals surface area contributed by atoms with Crippen molar-refractivity contribution in [1.82, 2.24) is 18.8 Å². The number of aromatic nitrogens is 3. The third-order valence-electron chi connectivity index (χ3n) is 4.44. The molecule has 0 bridgehead atoms. The van der Waals surface area contributed by atoms with Gasteiger partial charge in [-0.25, -0.2) is 4.79 Å². The van der Waals surface area contributed by atoms with Crippen molar-refractivity contribution >= 4 is 28.5 Å². The van der Waals surface area contributed by atoms with E-state index in [0.29, 0.717) is 11.4 Å². The van der Waals surface area contributed by atoms with Crippen LogP contribution in [0.3, 0.4) is 0 Å². The first-order valence-electron chi connectivity index (χ1n) is 8.55. The maximum Gasteiger partial charge on any atom is 0.328 e. The number of unbranched alkanes of at least 4 members (excludes halogenated alkanes) is 1. The van der Waals surface area contributed by atoms with Crippen molar-refractivity contribution in [3.63, 3.8) is 0 Å². The average Bonchev–Trinajstić information content (AvgIpc) is 2.81. The average molecular weight is 350 g/mol. The van der Waals surface area contributed by atoms with E-state index in [0.717, 1.165) is 63.1 Å². The topological polar surface area (TPSA) is 88.1 Å². The Morgan fingerprint density at radius 3 is 2.58 bits per heavy atom. The van der Waals surface area contributed by atoms with E-state index in [-0.39, 0.29) is 16.9 Å². The molecular weight excluding hydrogens is 328 g/mol. The van der Waals surface area contributed by atoms with E-state index in [9.17, 15) is 14.4 Å². The van der Waals surface area contributed by atoms with Crippen LogP contribution in [0.4, 0.5) is 0 Å². The van der Waals surface area contributed by atoms with Crippen LogP contribution in [0.2, 0.25) is 0 Å². The van der Waals surface area contributed by atoms with Gasteiger partial charge < -0.3 is 9.88 Å². The Bertz CT molecular complexity index is 843. The molecule has 8 heteroatoms. The Labute approximate surface area is 143 Å². The Hall–Kier alpha value is -1.96. The molecule has 7 nitrogen and oxygen atoms in total. The lowest BCUT2D eigenvalue weighted by molar-refractivity contribution is 0.0768. The van der Waals surface area contributed by atoms with E-state index in [2.05, 4.69) is 9.36 Å². The maximum absolute atomic E-state index is 12.8. The standard InChI is InChI=1S/C16H22N4O3S/c1-2-3-10-20-14(21)12-11(17-16(20)23)13(24-18-12)15(22)19-8-6-4-5-7-9-19/h2-10H2,1H3,(H,17,23). The van der Waals surface area contributed by atoms with Crippen LogP contribution in [0.1, 0.15) is 55.1 Å². The van der Waals surface area contributed by atoms with Gasteiger partial charge in [-0.3, -0.25) is 14.2 Å². The highest BCUT2D eigenvalue weighted by atomic mass is 32.1. The lowest BCUT2D eigenvalue weighted by atomic mass is 10.2. The van der Waals surface area contributed by atoms with E-state index in [1.807, 2.05) is 6.92 Å². The summed E-state index contributed by atoms with van der Waals surface area (Å²) in [6.07, 6.45) is 5.88. The molecule has 1 N–H and O–H groups in total. The minimum Gasteiger partial charge on any atom is -0.338 e. The van der Waals surface area contributed by atoms with Crippen LogP contribution in [0.5, 0.6) is 0 Å². The van der Waals surface area contributed by atoms with Gasteiger partial charge in [-0.1, -0.05) is 26.2 Å². The zero-order valence-electron chi connectivity index (χ0n) is 13.8. The zero-order valence-corrected chi connectivity index (χ0v) is 14.7. The van der Waals surface area contributed by atoms with Crippen LogP contribution in [-0.4, -0.2) is 37.8 Å². The summed E-state index contributed by atoms with van der Waals surface area (Å²) >= 11 is 1.00. The second-order valence-corrected chi connectivity index (χ2v) is 6.96. The normalized spacial score (nSPS) is 15.6. The molecule has 1 aliphatic rings. The van der Waals surface area contributed by atoms with Gasteiger partial charge in [0, 0.05) is 19.6 Å². The molecule has 1 amide bonds. The molecule has 3 heterocycles. The Morgan fingerprint density at radius 2 is 1.92 bits per heavy atom. The summed E-state index contributed by atoms with van der Waals surface area (Å²) in [5.41, 5.74) is -0.398. The summed E-state index contributed by atoms with van der Waals surface area (Å²) in [5.74, 6) is -0.134. The van der Waals surface area contributed by atoms with E-state index < -0.39 is 11.2 Å². The van der Waals surface area contributed by atoms with Gasteiger partial charge in [0.25, 0.3) is 11.5 Å². The quantitative estimate of drug-likeness (QED) is 0.913. The van der Waals surface area contributed by atoms with Crippen LogP contribution >= 0.6 is 11.5 Å². The van der Waals surface area contributed by atoms with Crippen molar-refractivity contribution in [3.8, 4) is 0 Å². The summed E-state index contributed by atoms with van der Waals surface area (Å²) in [5, 5.41) is 0. The predicted octanol–water partition coefficient (Wildman–Crippen LogP) is 1.96. The molecule has 130 valence electrons. The molecule has 1 saturated heterocycles. The fraction of sp³-hybridized carbons (Fsp3) is 0.625. The molecule has 0 radical (unpaired) electrons. The first-order chi connectivity index (χ1) is 11.6. The number of hydrogen-bond acceptors (Lipinski definition) is 5. The van der Waals surface area contributed by atoms with Gasteiger partial charge in [0.15, 0.2) is 5.52 Å². The summed E-state index contributed by atoms with van der Waals surface area (Å²) < 4.78 is 5.33. The summed E-state index contributed by atoms with van der Waals surface area (Å²) in [6.45, 7) is 3.80. The number of rotatable bonds is 4. The molecular formula is C16H22N4O3S. The number of aromatic amines is 1. The van der Waals surface area contributed by atoms with E-state index in [1.165, 1.54) is 4.57 Å². The highest BCUT2D eigenvalue weighted by Crippen LogP contribution is 2.21. The van der Waals surface area contributed by atoms with E-state index in [1.54, 1.807) is 4.90 Å². The van der Waals surface area contributed by atoms with Gasteiger partial charge in [-0.05, 0) is 30.8 Å². The van der Waals surface area contributed by atoms with Crippen LogP contribution in [-0.2, 0) is 6.54 Å². The molecule has 2 aromatic rings.